The highest BCUT2D eigenvalue weighted by atomic mass is 28.4. The zero-order chi connectivity index (χ0) is 89.7. The van der Waals surface area contributed by atoms with E-state index in [1.807, 2.05) is 6.07 Å². The Morgan fingerprint density at radius 2 is 0.681 bits per heavy atom. The number of carbonyl (C=O) groups excluding carboxylic acids is 1. The van der Waals surface area contributed by atoms with Crippen molar-refractivity contribution in [2.24, 2.45) is 16.2 Å². The Morgan fingerprint density at radius 3 is 0.924 bits per heavy atom. The first-order valence-corrected chi connectivity index (χ1v) is 51.5. The van der Waals surface area contributed by atoms with E-state index in [0.29, 0.717) is 38.7 Å². The lowest BCUT2D eigenvalue weighted by atomic mass is 9.69. The van der Waals surface area contributed by atoms with Gasteiger partial charge < -0.3 is 53.3 Å². The normalized spacial score (nSPS) is 15.4. The zero-order valence-corrected chi connectivity index (χ0v) is 82.7. The fraction of sp³-hybridized carbons (Fsp3) is 0.648. The topological polar surface area (TPSA) is 174 Å². The molecule has 0 spiro atoms. The number of hydrogen-bond donors (Lipinski definition) is 5. The van der Waals surface area contributed by atoms with Gasteiger partial charge in [-0.1, -0.05) is 236 Å². The van der Waals surface area contributed by atoms with Crippen molar-refractivity contribution in [2.45, 2.75) is 392 Å². The van der Waals surface area contributed by atoms with E-state index < -0.39 is 28.8 Å². The predicted molar refractivity (Wildman–Crippen MR) is 505 cm³/mol. The molecule has 119 heavy (non-hydrogen) atoms. The van der Waals surface area contributed by atoms with Crippen LogP contribution in [-0.4, -0.2) is 118 Å². The van der Waals surface area contributed by atoms with E-state index in [2.05, 4.69) is 316 Å². The number of ether oxygens (including phenoxy) is 4. The van der Waals surface area contributed by atoms with Crippen molar-refractivity contribution in [1.29, 1.82) is 0 Å². The summed E-state index contributed by atoms with van der Waals surface area (Å²) in [4.78, 5) is 11.4. The molecule has 0 saturated carbocycles. The van der Waals surface area contributed by atoms with Gasteiger partial charge in [0.2, 0.25) is 0 Å². The minimum absolute atomic E-state index is 0.0625. The highest BCUT2D eigenvalue weighted by molar-refractivity contribution is 6.74. The zero-order valence-electron chi connectivity index (χ0n) is 80.7. The summed E-state index contributed by atoms with van der Waals surface area (Å²) in [5.41, 5.74) is 19.2. The molecule has 1 saturated heterocycles. The van der Waals surface area contributed by atoms with Gasteiger partial charge in [0.15, 0.2) is 16.6 Å². The first-order chi connectivity index (χ1) is 55.3. The SMILES string of the molecule is CCC(CC)(c1ccc(CCC(O)C(C)(C)C)c(C)c1)c1ccc(OC[C@@H](O)CCCO)c(C)c1.CCC(CC)(c1ccc(CCC(O[Si](C)(C)C(C)(C)C)C(C)(C)C)c(C)c1)c1ccc(OC[C@@H](O)CCCO)c(C)c1.CCC(CC)(c1ccc(CCC(O[Si](C)(C)C(C)(C)C)C(C)(C)C)c(C)c1)c1ccc(OC[C@@H]2CCC(=O)O2)c(C)c1. The van der Waals surface area contributed by atoms with Gasteiger partial charge in [0.1, 0.15) is 43.2 Å². The number of aliphatic hydroxyl groups excluding tert-OH is 5. The number of rotatable bonds is 40. The van der Waals surface area contributed by atoms with Crippen LogP contribution in [0.4, 0.5) is 0 Å². The maximum Gasteiger partial charge on any atom is 0.306 e. The molecule has 1 aliphatic heterocycles. The van der Waals surface area contributed by atoms with Gasteiger partial charge in [-0.15, -0.1) is 0 Å². The van der Waals surface area contributed by atoms with Gasteiger partial charge in [0.25, 0.3) is 0 Å². The smallest absolute Gasteiger partial charge is 0.306 e. The molecule has 1 heterocycles. The third-order valence-electron chi connectivity index (χ3n) is 27.6. The Labute approximate surface area is 727 Å². The lowest BCUT2D eigenvalue weighted by Crippen LogP contribution is -2.47. The maximum atomic E-state index is 11.4. The summed E-state index contributed by atoms with van der Waals surface area (Å²) >= 11 is 0. The summed E-state index contributed by atoms with van der Waals surface area (Å²) < 4.78 is 37.2. The molecular weight excluding hydrogens is 1510 g/mol. The molecule has 1 aliphatic rings. The van der Waals surface area contributed by atoms with Crippen molar-refractivity contribution in [3.05, 3.63) is 193 Å². The van der Waals surface area contributed by atoms with Crippen molar-refractivity contribution in [2.75, 3.05) is 33.0 Å². The van der Waals surface area contributed by atoms with Gasteiger partial charge in [-0.3, -0.25) is 4.79 Å². The molecule has 6 aromatic carbocycles. The quantitative estimate of drug-likeness (QED) is 0.0182. The van der Waals surface area contributed by atoms with E-state index in [9.17, 15) is 20.1 Å². The molecule has 12 nitrogen and oxygen atoms in total. The van der Waals surface area contributed by atoms with E-state index in [-0.39, 0.29) is 99.4 Å². The number of aryl methyl sites for hydroxylation is 9. The van der Waals surface area contributed by atoms with Crippen molar-refractivity contribution in [1.82, 2.24) is 0 Å². The van der Waals surface area contributed by atoms with Gasteiger partial charge in [0, 0.05) is 35.9 Å². The number of esters is 1. The van der Waals surface area contributed by atoms with Crippen LogP contribution in [0, 0.1) is 57.8 Å². The van der Waals surface area contributed by atoms with Crippen molar-refractivity contribution in [3.63, 3.8) is 0 Å². The van der Waals surface area contributed by atoms with Crippen LogP contribution in [-0.2, 0) is 53.9 Å². The van der Waals surface area contributed by atoms with Crippen LogP contribution in [0.25, 0.3) is 0 Å². The largest absolute Gasteiger partial charge is 0.491 e. The number of aliphatic hydroxyl groups is 5. The average molecular weight is 1680 g/mol. The van der Waals surface area contributed by atoms with Crippen molar-refractivity contribution >= 4 is 22.6 Å². The first-order valence-electron chi connectivity index (χ1n) is 45.7. The van der Waals surface area contributed by atoms with Crippen LogP contribution in [0.15, 0.2) is 109 Å². The molecule has 0 bridgehead atoms. The van der Waals surface area contributed by atoms with E-state index in [0.717, 1.165) is 117 Å². The van der Waals surface area contributed by atoms with Crippen molar-refractivity contribution < 1.29 is 58.1 Å². The monoisotopic (exact) mass is 1680 g/mol. The number of hydrogen-bond acceptors (Lipinski definition) is 12. The lowest BCUT2D eigenvalue weighted by molar-refractivity contribution is -0.142. The molecule has 0 aliphatic carbocycles. The minimum Gasteiger partial charge on any atom is -0.491 e. The second-order valence-electron chi connectivity index (χ2n) is 41.3. The number of benzene rings is 6. The third kappa shape index (κ3) is 28.4. The van der Waals surface area contributed by atoms with Crippen LogP contribution in [0.2, 0.25) is 36.3 Å². The Balaban J connectivity index is 0.000000319. The second kappa shape index (κ2) is 44.8. The summed E-state index contributed by atoms with van der Waals surface area (Å²) in [6.45, 7) is 71.3. The molecule has 0 radical (unpaired) electrons. The van der Waals surface area contributed by atoms with Crippen LogP contribution >= 0.6 is 0 Å². The van der Waals surface area contributed by atoms with Gasteiger partial charge in [-0.2, -0.15) is 0 Å². The van der Waals surface area contributed by atoms with Crippen LogP contribution in [0.3, 0.4) is 0 Å². The van der Waals surface area contributed by atoms with Gasteiger partial charge in [-0.25, -0.2) is 0 Å². The summed E-state index contributed by atoms with van der Waals surface area (Å²) in [5.74, 6) is 2.34. The molecular formula is C105H168O12Si2. The standard InChI is InChI=1S/C37H58O4Si.C37H62O4Si.C31H48O4/c1-13-37(14-2,30-18-20-32(27(4)24-30)39-25-31-19-22-34(38)40-31)29-17-15-28(26(3)23-29)16-21-33(35(5,6)7)41-42(11,12)36(8,9)10;1-13-37(14-2,31-20-21-33(28(4)25-31)40-26-32(39)16-15-23-38)30-19-17-29(27(3)24-30)18-22-34(35(5,6)7)41-42(11,12)36(8,9)10;1-8-31(9-2,25-14-12-24(22(3)19-25)13-17-29(34)30(5,6)7)26-15-16-28(23(4)20-26)35-21-27(33)11-10-18-32/h15,17-18,20,23-24,31,33H,13-14,16,19,21-22,25H2,1-12H3;17,19-21,24-25,32,34,38-39H,13-16,18,22-23,26H2,1-12H3;12,14-16,19-20,27,29,32-34H,8-11,13,17-18,21H2,1-7H3/t31-,33?;32-,34?;27-,29?/m000/s1. The van der Waals surface area contributed by atoms with E-state index in [4.69, 9.17) is 38.0 Å². The van der Waals surface area contributed by atoms with Gasteiger partial charge >= 0.3 is 5.97 Å². The fourth-order valence-electron chi connectivity index (χ4n) is 16.6. The molecule has 1 fully saturated rings. The second-order valence-corrected chi connectivity index (χ2v) is 50.8. The third-order valence-corrected chi connectivity index (χ3v) is 36.6. The van der Waals surface area contributed by atoms with Gasteiger partial charge in [0.05, 0.1) is 30.5 Å². The van der Waals surface area contributed by atoms with Crippen LogP contribution < -0.4 is 14.2 Å². The molecule has 6 atom stereocenters. The highest BCUT2D eigenvalue weighted by Crippen LogP contribution is 2.47. The fourth-order valence-corrected chi connectivity index (χ4v) is 19.7. The minimum atomic E-state index is -1.87. The molecule has 14 heteroatoms. The Morgan fingerprint density at radius 1 is 0.395 bits per heavy atom. The maximum absolute atomic E-state index is 11.4. The van der Waals surface area contributed by atoms with Crippen LogP contribution in [0.1, 0.15) is 325 Å². The molecule has 0 aromatic heterocycles. The molecule has 3 unspecified atom stereocenters. The van der Waals surface area contributed by atoms with Gasteiger partial charge in [-0.05, 0) is 305 Å². The Kier molecular flexibility index (Phi) is 39.1. The highest BCUT2D eigenvalue weighted by Gasteiger charge is 2.44. The van der Waals surface area contributed by atoms with Crippen molar-refractivity contribution in [3.8, 4) is 17.2 Å². The summed E-state index contributed by atoms with van der Waals surface area (Å²) in [5, 5.41) is 49.0. The van der Waals surface area contributed by atoms with E-state index >= 15 is 0 Å². The van der Waals surface area contributed by atoms with Crippen LogP contribution in [0.5, 0.6) is 17.2 Å². The average Bonchev–Trinajstić information content (AvgIpc) is 1.43. The lowest BCUT2D eigenvalue weighted by Gasteiger charge is -2.43. The summed E-state index contributed by atoms with van der Waals surface area (Å²) in [6, 6.07) is 40.7. The Bertz CT molecular complexity index is 4090. The molecule has 7 rings (SSSR count). The van der Waals surface area contributed by atoms with E-state index in [1.54, 1.807) is 0 Å². The Hall–Kier alpha value is -5.66. The number of carbonyl (C=O) groups is 1. The molecule has 6 aromatic rings. The first kappa shape index (κ1) is 104. The van der Waals surface area contributed by atoms with E-state index in [1.165, 1.54) is 66.8 Å². The molecule has 5 N–H and O–H groups in total. The summed E-state index contributed by atoms with van der Waals surface area (Å²) in [7, 11) is -3.73. The molecule has 668 valence electrons. The predicted octanol–water partition coefficient (Wildman–Crippen LogP) is 25.4. The summed E-state index contributed by atoms with van der Waals surface area (Å²) in [6.07, 6.45) is 14.1. The number of cyclic esters (lactones) is 1. The molecule has 0 amide bonds.